The molecule has 5 rings (SSSR count). The number of anilines is 2. The zero-order chi connectivity index (χ0) is 26.5. The molecule has 1 aromatic heterocycles. The van der Waals surface area contributed by atoms with Crippen LogP contribution in [-0.4, -0.2) is 58.8 Å². The maximum atomic E-state index is 13.5. The number of benzene rings is 3. The van der Waals surface area contributed by atoms with Gasteiger partial charge in [0.05, 0.1) is 25.2 Å². The lowest BCUT2D eigenvalue weighted by atomic mass is 10.0. The van der Waals surface area contributed by atoms with Crippen molar-refractivity contribution < 1.29 is 22.7 Å². The van der Waals surface area contributed by atoms with E-state index in [0.29, 0.717) is 24.7 Å². The fourth-order valence-electron chi connectivity index (χ4n) is 4.53. The zero-order valence-electron chi connectivity index (χ0n) is 21.0. The number of nitrogens with zero attached hydrogens (tertiary/aromatic N) is 1. The molecule has 1 fully saturated rings. The average Bonchev–Trinajstić information content (AvgIpc) is 3.36. The molecule has 3 aromatic carbocycles. The van der Waals surface area contributed by atoms with Crippen molar-refractivity contribution in [1.82, 2.24) is 9.71 Å². The summed E-state index contributed by atoms with van der Waals surface area (Å²) in [6.45, 7) is 2.99. The Morgan fingerprint density at radius 3 is 2.45 bits per heavy atom. The Morgan fingerprint density at radius 2 is 1.74 bits per heavy atom. The molecule has 1 aliphatic rings. The van der Waals surface area contributed by atoms with Crippen LogP contribution < -0.4 is 19.7 Å². The minimum Gasteiger partial charge on any atom is -0.497 e. The zero-order valence-corrected chi connectivity index (χ0v) is 21.8. The summed E-state index contributed by atoms with van der Waals surface area (Å²) in [4.78, 5) is 18.9. The van der Waals surface area contributed by atoms with Crippen LogP contribution >= 0.6 is 0 Å². The summed E-state index contributed by atoms with van der Waals surface area (Å²) in [6.07, 6.45) is 1.97. The first-order chi connectivity index (χ1) is 18.4. The molecule has 4 aromatic rings. The van der Waals surface area contributed by atoms with Gasteiger partial charge in [-0.1, -0.05) is 18.2 Å². The maximum absolute atomic E-state index is 13.5. The number of rotatable bonds is 9. The van der Waals surface area contributed by atoms with Crippen LogP contribution in [-0.2, 0) is 26.0 Å². The fourth-order valence-corrected chi connectivity index (χ4v) is 5.72. The topological polar surface area (TPSA) is 113 Å². The summed E-state index contributed by atoms with van der Waals surface area (Å²) >= 11 is 0. The van der Waals surface area contributed by atoms with Crippen LogP contribution in [0.4, 0.5) is 11.4 Å². The van der Waals surface area contributed by atoms with Crippen molar-refractivity contribution in [2.45, 2.75) is 17.4 Å². The molecule has 3 N–H and O–H groups in total. The highest BCUT2D eigenvalue weighted by atomic mass is 32.2. The van der Waals surface area contributed by atoms with Crippen molar-refractivity contribution in [3.63, 3.8) is 0 Å². The Balaban J connectivity index is 1.38. The summed E-state index contributed by atoms with van der Waals surface area (Å²) in [5, 5.41) is 3.82. The quantitative estimate of drug-likeness (QED) is 0.303. The second-order valence-corrected chi connectivity index (χ2v) is 10.8. The molecule has 0 radical (unpaired) electrons. The smallest absolute Gasteiger partial charge is 0.242 e. The highest BCUT2D eigenvalue weighted by Gasteiger charge is 2.27. The van der Waals surface area contributed by atoms with Crippen LogP contribution in [0.3, 0.4) is 0 Å². The summed E-state index contributed by atoms with van der Waals surface area (Å²) in [5.41, 5.74) is 3.38. The van der Waals surface area contributed by atoms with Gasteiger partial charge in [0, 0.05) is 41.6 Å². The van der Waals surface area contributed by atoms with E-state index in [1.807, 2.05) is 54.7 Å². The molecule has 38 heavy (non-hydrogen) atoms. The number of hydrogen-bond donors (Lipinski definition) is 3. The molecular weight excluding hydrogens is 504 g/mol. The number of para-hydroxylation sites is 1. The van der Waals surface area contributed by atoms with Gasteiger partial charge in [-0.05, 0) is 66.6 Å². The molecule has 0 saturated carbocycles. The predicted molar refractivity (Wildman–Crippen MR) is 147 cm³/mol. The third-order valence-electron chi connectivity index (χ3n) is 6.59. The van der Waals surface area contributed by atoms with Gasteiger partial charge in [0.25, 0.3) is 0 Å². The van der Waals surface area contributed by atoms with E-state index in [-0.39, 0.29) is 11.3 Å². The van der Waals surface area contributed by atoms with Gasteiger partial charge in [-0.3, -0.25) is 4.79 Å². The van der Waals surface area contributed by atoms with Crippen LogP contribution in [0.25, 0.3) is 10.9 Å². The van der Waals surface area contributed by atoms with Crippen molar-refractivity contribution in [2.75, 3.05) is 43.6 Å². The molecule has 1 saturated heterocycles. The first-order valence-electron chi connectivity index (χ1n) is 12.4. The number of H-pyrrole nitrogens is 1. The van der Waals surface area contributed by atoms with Crippen molar-refractivity contribution in [2.24, 2.45) is 0 Å². The lowest BCUT2D eigenvalue weighted by molar-refractivity contribution is -0.117. The third-order valence-corrected chi connectivity index (χ3v) is 8.08. The standard InChI is InChI=1S/C28H30N4O5S/c1-36-23-10-12-24(13-11-23)38(34,35)31-27(18-20-19-29-26-5-3-2-4-25(20)26)28(33)30-21-6-8-22(9-7-21)32-14-16-37-17-15-32/h2-13,19,27,29,31H,14-18H2,1H3,(H,30,33). The van der Waals surface area contributed by atoms with Crippen LogP contribution in [0.1, 0.15) is 5.56 Å². The molecule has 1 unspecified atom stereocenters. The third kappa shape index (κ3) is 5.83. The van der Waals surface area contributed by atoms with Crippen molar-refractivity contribution >= 4 is 38.2 Å². The number of carbonyl (C=O) groups is 1. The predicted octanol–water partition coefficient (Wildman–Crippen LogP) is 3.54. The first kappa shape index (κ1) is 25.8. The molecule has 10 heteroatoms. The van der Waals surface area contributed by atoms with Crippen LogP contribution in [0.15, 0.2) is 83.9 Å². The molecule has 0 aliphatic carbocycles. The molecule has 0 spiro atoms. The van der Waals surface area contributed by atoms with E-state index in [1.165, 1.54) is 19.2 Å². The minimum atomic E-state index is -3.99. The summed E-state index contributed by atoms with van der Waals surface area (Å²) in [6, 6.07) is 20.2. The number of sulfonamides is 1. The van der Waals surface area contributed by atoms with Crippen LogP contribution in [0, 0.1) is 0 Å². The summed E-state index contributed by atoms with van der Waals surface area (Å²) < 4.78 is 39.7. The van der Waals surface area contributed by atoms with E-state index in [0.717, 1.165) is 35.2 Å². The summed E-state index contributed by atoms with van der Waals surface area (Å²) in [5.74, 6) is 0.0871. The first-order valence-corrected chi connectivity index (χ1v) is 13.9. The normalized spacial score (nSPS) is 14.8. The monoisotopic (exact) mass is 534 g/mol. The SMILES string of the molecule is COc1ccc(S(=O)(=O)NC(Cc2c[nH]c3ccccc23)C(=O)Nc2ccc(N3CCOCC3)cc2)cc1. The van der Waals surface area contributed by atoms with Gasteiger partial charge in [-0.15, -0.1) is 0 Å². The fraction of sp³-hybridized carbons (Fsp3) is 0.250. The molecular formula is C28H30N4O5S. The molecule has 0 bridgehead atoms. The Kier molecular flexibility index (Phi) is 7.64. The molecule has 1 amide bonds. The van der Waals surface area contributed by atoms with E-state index in [4.69, 9.17) is 9.47 Å². The number of fused-ring (bicyclic) bond motifs is 1. The Bertz CT molecular complexity index is 1490. The number of ether oxygens (including phenoxy) is 2. The molecule has 1 aliphatic heterocycles. The number of carbonyl (C=O) groups excluding carboxylic acids is 1. The number of amides is 1. The number of morpholine rings is 1. The number of nitrogens with one attached hydrogen (secondary N) is 3. The number of methoxy groups -OCH3 is 1. The van der Waals surface area contributed by atoms with Gasteiger partial charge in [0.15, 0.2) is 0 Å². The van der Waals surface area contributed by atoms with Gasteiger partial charge in [-0.2, -0.15) is 4.72 Å². The van der Waals surface area contributed by atoms with Crippen molar-refractivity contribution in [3.05, 3.63) is 84.6 Å². The van der Waals surface area contributed by atoms with Crippen LogP contribution in [0.5, 0.6) is 5.75 Å². The Morgan fingerprint density at radius 1 is 1.03 bits per heavy atom. The van der Waals surface area contributed by atoms with Gasteiger partial charge >= 0.3 is 0 Å². The second kappa shape index (κ2) is 11.3. The Hall–Kier alpha value is -3.86. The lowest BCUT2D eigenvalue weighted by Crippen LogP contribution is -2.45. The van der Waals surface area contributed by atoms with E-state index in [1.54, 1.807) is 12.1 Å². The van der Waals surface area contributed by atoms with Gasteiger partial charge in [0.1, 0.15) is 11.8 Å². The highest BCUT2D eigenvalue weighted by molar-refractivity contribution is 7.89. The summed E-state index contributed by atoms with van der Waals surface area (Å²) in [7, 11) is -2.48. The van der Waals surface area contributed by atoms with E-state index >= 15 is 0 Å². The molecule has 198 valence electrons. The minimum absolute atomic E-state index is 0.0462. The van der Waals surface area contributed by atoms with Gasteiger partial charge < -0.3 is 24.7 Å². The maximum Gasteiger partial charge on any atom is 0.242 e. The number of aromatic amines is 1. The van der Waals surface area contributed by atoms with E-state index in [2.05, 4.69) is 19.9 Å². The number of hydrogen-bond acceptors (Lipinski definition) is 6. The molecule has 9 nitrogen and oxygen atoms in total. The lowest BCUT2D eigenvalue weighted by Gasteiger charge is -2.29. The average molecular weight is 535 g/mol. The van der Waals surface area contributed by atoms with Gasteiger partial charge in [-0.25, -0.2) is 8.42 Å². The van der Waals surface area contributed by atoms with Crippen molar-refractivity contribution in [1.29, 1.82) is 0 Å². The Labute approximate surface area is 221 Å². The highest BCUT2D eigenvalue weighted by Crippen LogP contribution is 2.23. The largest absolute Gasteiger partial charge is 0.497 e. The second-order valence-electron chi connectivity index (χ2n) is 9.05. The molecule has 1 atom stereocenters. The van der Waals surface area contributed by atoms with E-state index < -0.39 is 22.0 Å². The number of aromatic nitrogens is 1. The van der Waals surface area contributed by atoms with Crippen molar-refractivity contribution in [3.8, 4) is 5.75 Å². The van der Waals surface area contributed by atoms with E-state index in [9.17, 15) is 13.2 Å². The van der Waals surface area contributed by atoms with Gasteiger partial charge in [0.2, 0.25) is 15.9 Å². The van der Waals surface area contributed by atoms with Crippen LogP contribution in [0.2, 0.25) is 0 Å². The molecule has 2 heterocycles.